The Bertz CT molecular complexity index is 1940. The van der Waals surface area contributed by atoms with E-state index in [9.17, 15) is 0 Å². The zero-order chi connectivity index (χ0) is 21.1. The van der Waals surface area contributed by atoms with Crippen LogP contribution in [0.1, 0.15) is 5.56 Å². The number of fused-ring (bicyclic) bond motifs is 9. The van der Waals surface area contributed by atoms with Crippen LogP contribution in [0.5, 0.6) is 0 Å². The van der Waals surface area contributed by atoms with Gasteiger partial charge >= 0.3 is 0 Å². The molecule has 0 atom stereocenters. The van der Waals surface area contributed by atoms with Gasteiger partial charge in [0.15, 0.2) is 6.20 Å². The van der Waals surface area contributed by atoms with Gasteiger partial charge in [-0.15, -0.1) is 0 Å². The van der Waals surface area contributed by atoms with Crippen molar-refractivity contribution in [1.82, 2.24) is 0 Å². The number of hydrogen-bond acceptors (Lipinski definition) is 4. The van der Waals surface area contributed by atoms with Gasteiger partial charge in [0.2, 0.25) is 5.69 Å². The van der Waals surface area contributed by atoms with E-state index in [1.165, 1.54) is 37.4 Å². The second-order valence-electron chi connectivity index (χ2n) is 8.49. The average molecular weight is 434 g/mol. The molecule has 0 N–H and O–H groups in total. The third-order valence-corrected chi connectivity index (χ3v) is 7.86. The van der Waals surface area contributed by atoms with Gasteiger partial charge in [0, 0.05) is 43.0 Å². The van der Waals surface area contributed by atoms with Crippen LogP contribution in [0.4, 0.5) is 0 Å². The Morgan fingerprint density at radius 1 is 0.812 bits per heavy atom. The highest BCUT2D eigenvalue weighted by molar-refractivity contribution is 7.99. The summed E-state index contributed by atoms with van der Waals surface area (Å²) in [6, 6.07) is 17.0. The summed E-state index contributed by atoms with van der Waals surface area (Å²) in [5.74, 6) is 0.579. The predicted octanol–water partition coefficient (Wildman–Crippen LogP) is 7.50. The summed E-state index contributed by atoms with van der Waals surface area (Å²) in [7, 11) is 2.11. The molecule has 1 aliphatic heterocycles. The molecule has 1 aliphatic rings. The molecule has 0 saturated heterocycles. The fourth-order valence-corrected chi connectivity index (χ4v) is 6.59. The molecule has 0 unspecified atom stereocenters. The Morgan fingerprint density at radius 2 is 1.66 bits per heavy atom. The van der Waals surface area contributed by atoms with Crippen molar-refractivity contribution >= 4 is 66.6 Å². The maximum Gasteiger partial charge on any atom is 0.298 e. The van der Waals surface area contributed by atoms with Crippen LogP contribution in [0.3, 0.4) is 0 Å². The Labute approximate surface area is 186 Å². The second kappa shape index (κ2) is 5.56. The van der Waals surface area contributed by atoms with Gasteiger partial charge < -0.3 is 13.3 Å². The monoisotopic (exact) mass is 434 g/mol. The van der Waals surface area contributed by atoms with Gasteiger partial charge in [0.1, 0.15) is 23.8 Å². The fraction of sp³-hybridized carbons (Fsp3) is 0.0741. The number of pyridine rings is 1. The Morgan fingerprint density at radius 3 is 2.59 bits per heavy atom. The molecule has 5 heterocycles. The number of nitrogens with zero attached hydrogens (tertiary/aromatic N) is 1. The molecule has 3 aromatic carbocycles. The van der Waals surface area contributed by atoms with Crippen LogP contribution >= 0.6 is 11.8 Å². The number of hydrogen-bond donors (Lipinski definition) is 0. The van der Waals surface area contributed by atoms with E-state index >= 15 is 0 Å². The number of aryl methyl sites for hydroxylation is 2. The van der Waals surface area contributed by atoms with Crippen molar-refractivity contribution in [3.63, 3.8) is 0 Å². The number of aromatic nitrogens is 1. The summed E-state index contributed by atoms with van der Waals surface area (Å²) >= 11 is 1.83. The molecule has 4 aromatic heterocycles. The molecular formula is C27H16NO3S+. The lowest BCUT2D eigenvalue weighted by Gasteiger charge is -2.20. The highest BCUT2D eigenvalue weighted by Gasteiger charge is 2.32. The first kappa shape index (κ1) is 16.9. The van der Waals surface area contributed by atoms with E-state index in [4.69, 9.17) is 13.3 Å². The van der Waals surface area contributed by atoms with Crippen LogP contribution in [0.2, 0.25) is 0 Å². The molecule has 5 heteroatoms. The lowest BCUT2D eigenvalue weighted by molar-refractivity contribution is -0.659. The van der Waals surface area contributed by atoms with Crippen LogP contribution in [-0.2, 0) is 7.05 Å². The topological polar surface area (TPSA) is 43.3 Å². The van der Waals surface area contributed by atoms with Gasteiger partial charge in [0.25, 0.3) is 5.78 Å². The van der Waals surface area contributed by atoms with Gasteiger partial charge in [-0.25, -0.2) is 4.57 Å². The molecule has 0 fully saturated rings. The molecule has 0 bridgehead atoms. The van der Waals surface area contributed by atoms with Gasteiger partial charge in [0.05, 0.1) is 22.6 Å². The van der Waals surface area contributed by atoms with Crippen LogP contribution in [0.25, 0.3) is 66.1 Å². The van der Waals surface area contributed by atoms with Gasteiger partial charge in [-0.1, -0.05) is 30.0 Å². The normalized spacial score (nSPS) is 13.2. The maximum absolute atomic E-state index is 6.32. The number of benzene rings is 3. The molecule has 4 nitrogen and oxygen atoms in total. The molecule has 8 rings (SSSR count). The maximum atomic E-state index is 6.32. The van der Waals surface area contributed by atoms with Crippen LogP contribution in [0, 0.1) is 6.92 Å². The average Bonchev–Trinajstić information content (AvgIpc) is 3.49. The van der Waals surface area contributed by atoms with E-state index in [0.29, 0.717) is 5.78 Å². The van der Waals surface area contributed by atoms with Gasteiger partial charge in [-0.05, 0) is 31.2 Å². The largest absolute Gasteiger partial charge is 0.456 e. The summed E-state index contributed by atoms with van der Waals surface area (Å²) in [4.78, 5) is 2.49. The molecule has 0 aliphatic carbocycles. The first-order chi connectivity index (χ1) is 15.7. The fourth-order valence-electron chi connectivity index (χ4n) is 5.34. The van der Waals surface area contributed by atoms with E-state index < -0.39 is 0 Å². The molecule has 32 heavy (non-hydrogen) atoms. The van der Waals surface area contributed by atoms with E-state index in [0.717, 1.165) is 38.3 Å². The zero-order valence-electron chi connectivity index (χ0n) is 17.4. The minimum absolute atomic E-state index is 0.579. The standard InChI is InChI=1S/C27H16NO3S/c1-13-22-20(11-17-14-5-3-4-6-19(14)30-25(13)17)32-21-12-18-15-8-10-29-27(15)31-26(18)16-7-9-28(2)24(22)23(16)21/h3-12H,1-2H3/q+1. The molecule has 0 radical (unpaired) electrons. The number of rotatable bonds is 0. The summed E-state index contributed by atoms with van der Waals surface area (Å²) in [5.41, 5.74) is 6.37. The van der Waals surface area contributed by atoms with Crippen molar-refractivity contribution in [3.8, 4) is 11.3 Å². The zero-order valence-corrected chi connectivity index (χ0v) is 18.2. The lowest BCUT2D eigenvalue weighted by Crippen LogP contribution is -2.31. The summed E-state index contributed by atoms with van der Waals surface area (Å²) in [6.45, 7) is 2.17. The van der Waals surface area contributed by atoms with Crippen LogP contribution in [0.15, 0.2) is 84.0 Å². The Balaban J connectivity index is 1.57. The molecule has 7 aromatic rings. The molecule has 0 spiro atoms. The van der Waals surface area contributed by atoms with Crippen molar-refractivity contribution < 1.29 is 17.8 Å². The smallest absolute Gasteiger partial charge is 0.298 e. The van der Waals surface area contributed by atoms with Crippen molar-refractivity contribution in [1.29, 1.82) is 0 Å². The predicted molar refractivity (Wildman–Crippen MR) is 126 cm³/mol. The van der Waals surface area contributed by atoms with E-state index in [2.05, 4.69) is 55.1 Å². The van der Waals surface area contributed by atoms with E-state index in [-0.39, 0.29) is 0 Å². The number of para-hydroxylation sites is 1. The van der Waals surface area contributed by atoms with Crippen LogP contribution in [-0.4, -0.2) is 0 Å². The molecule has 152 valence electrons. The van der Waals surface area contributed by atoms with Crippen molar-refractivity contribution in [2.45, 2.75) is 16.7 Å². The van der Waals surface area contributed by atoms with Gasteiger partial charge in [-0.2, -0.15) is 0 Å². The highest BCUT2D eigenvalue weighted by Crippen LogP contribution is 2.52. The molecule has 0 amide bonds. The Kier molecular flexibility index (Phi) is 2.94. The SMILES string of the molecule is Cc1c2c(cc3c1oc1ccccc13)Sc1cc3c4ccoc4oc3c3cc[n+](C)c-2c13. The quantitative estimate of drug-likeness (QED) is 0.232. The van der Waals surface area contributed by atoms with Gasteiger partial charge in [-0.3, -0.25) is 0 Å². The van der Waals surface area contributed by atoms with Crippen molar-refractivity contribution in [3.05, 3.63) is 66.6 Å². The van der Waals surface area contributed by atoms with Crippen LogP contribution < -0.4 is 4.57 Å². The third kappa shape index (κ3) is 1.89. The molecule has 0 saturated carbocycles. The second-order valence-corrected chi connectivity index (χ2v) is 9.57. The van der Waals surface area contributed by atoms with E-state index in [1.807, 2.05) is 30.0 Å². The van der Waals surface area contributed by atoms with E-state index in [1.54, 1.807) is 6.26 Å². The summed E-state index contributed by atoms with van der Waals surface area (Å²) in [5, 5.41) is 6.77. The lowest BCUT2D eigenvalue weighted by atomic mass is 9.96. The molecular weight excluding hydrogens is 418 g/mol. The Hall–Kier alpha value is -3.70. The summed E-state index contributed by atoms with van der Waals surface area (Å²) < 4.78 is 20.3. The summed E-state index contributed by atoms with van der Waals surface area (Å²) in [6.07, 6.45) is 3.81. The third-order valence-electron chi connectivity index (χ3n) is 6.78. The first-order valence-corrected chi connectivity index (χ1v) is 11.4. The minimum atomic E-state index is 0.579. The minimum Gasteiger partial charge on any atom is -0.456 e. The van der Waals surface area contributed by atoms with Crippen molar-refractivity contribution in [2.75, 3.05) is 0 Å². The highest BCUT2D eigenvalue weighted by atomic mass is 32.2. The number of furan rings is 3. The van der Waals surface area contributed by atoms with Crippen molar-refractivity contribution in [2.24, 2.45) is 7.05 Å². The first-order valence-electron chi connectivity index (χ1n) is 10.6.